The minimum absolute atomic E-state index is 0. The fourth-order valence-corrected chi connectivity index (χ4v) is 0. The topological polar surface area (TPSA) is 22.3 Å². The van der Waals surface area contributed by atoms with Crippen LogP contribution in [0.15, 0.2) is 0 Å². The SMILES string of the molecule is CCC(=[N-])Cl.[Y]. The van der Waals surface area contributed by atoms with E-state index >= 15 is 0 Å². The summed E-state index contributed by atoms with van der Waals surface area (Å²) in [6, 6.07) is 0. The number of halogens is 1. The molecule has 0 unspecified atom stereocenters. The van der Waals surface area contributed by atoms with Gasteiger partial charge in [0, 0.05) is 32.7 Å². The van der Waals surface area contributed by atoms with Crippen molar-refractivity contribution in [3.63, 3.8) is 0 Å². The third-order valence-electron chi connectivity index (χ3n) is 0.292. The number of rotatable bonds is 1. The summed E-state index contributed by atoms with van der Waals surface area (Å²) in [5, 5.41) is 8.02. The molecule has 0 rings (SSSR count). The van der Waals surface area contributed by atoms with Crippen LogP contribution >= 0.6 is 11.6 Å². The second-order valence-electron chi connectivity index (χ2n) is 0.730. The Hall–Kier alpha value is 1.06. The molecule has 0 atom stereocenters. The molecular weight excluding hydrogens is 174 g/mol. The molecule has 0 aliphatic heterocycles. The molecule has 6 heavy (non-hydrogen) atoms. The molecule has 0 saturated heterocycles. The largest absolute Gasteiger partial charge is 0.797 e. The molecule has 0 spiro atoms. The van der Waals surface area contributed by atoms with Crippen LogP contribution in [0.1, 0.15) is 13.3 Å². The zero-order chi connectivity index (χ0) is 4.28. The molecule has 0 N–H and O–H groups in total. The molecule has 0 aromatic heterocycles. The fourth-order valence-electron chi connectivity index (χ4n) is 0. The third-order valence-corrected chi connectivity index (χ3v) is 0.559. The molecule has 0 aromatic carbocycles. The van der Waals surface area contributed by atoms with Gasteiger partial charge in [-0.2, -0.15) is 0 Å². The Labute approximate surface area is 67.8 Å². The Morgan fingerprint density at radius 2 is 2.00 bits per heavy atom. The van der Waals surface area contributed by atoms with Crippen LogP contribution in [0.3, 0.4) is 0 Å². The van der Waals surface area contributed by atoms with Gasteiger partial charge in [-0.05, 0) is 6.42 Å². The van der Waals surface area contributed by atoms with Crippen LogP contribution in [-0.2, 0) is 32.7 Å². The standard InChI is InChI=1S/C3H5ClN.Y/c1-2-3(4)5;/h2H2,1H3;/q-1;. The summed E-state index contributed by atoms with van der Waals surface area (Å²) in [6.07, 6.45) is 0.543. The molecule has 0 saturated carbocycles. The van der Waals surface area contributed by atoms with E-state index < -0.39 is 0 Å². The van der Waals surface area contributed by atoms with Gasteiger partial charge in [-0.1, -0.05) is 6.92 Å². The first-order chi connectivity index (χ1) is 2.27. The second kappa shape index (κ2) is 6.06. The first kappa shape index (κ1) is 10.1. The van der Waals surface area contributed by atoms with Crippen molar-refractivity contribution in [1.82, 2.24) is 0 Å². The number of nitrogens with zero attached hydrogens (tertiary/aromatic N) is 1. The molecule has 1 radical (unpaired) electrons. The van der Waals surface area contributed by atoms with E-state index in [4.69, 9.17) is 17.0 Å². The summed E-state index contributed by atoms with van der Waals surface area (Å²) in [6.45, 7) is 1.78. The van der Waals surface area contributed by atoms with Gasteiger partial charge in [0.25, 0.3) is 0 Å². The van der Waals surface area contributed by atoms with E-state index in [2.05, 4.69) is 0 Å². The average Bonchev–Trinajstić information content (AvgIpc) is 1.38. The van der Waals surface area contributed by atoms with E-state index in [1.165, 1.54) is 0 Å². The maximum atomic E-state index is 8.04. The Morgan fingerprint density at radius 3 is 2.00 bits per heavy atom. The van der Waals surface area contributed by atoms with E-state index in [1.807, 2.05) is 0 Å². The van der Waals surface area contributed by atoms with Crippen molar-refractivity contribution in [3.05, 3.63) is 5.41 Å². The van der Waals surface area contributed by atoms with Crippen LogP contribution < -0.4 is 0 Å². The maximum Gasteiger partial charge on any atom is 0 e. The quantitative estimate of drug-likeness (QED) is 0.546. The summed E-state index contributed by atoms with van der Waals surface area (Å²) in [4.78, 5) is 0. The Kier molecular flexibility index (Phi) is 10.2. The van der Waals surface area contributed by atoms with Gasteiger partial charge in [0.05, 0.1) is 0 Å². The summed E-state index contributed by atoms with van der Waals surface area (Å²) in [7, 11) is 0. The van der Waals surface area contributed by atoms with Crippen LogP contribution in [0.4, 0.5) is 0 Å². The van der Waals surface area contributed by atoms with Crippen molar-refractivity contribution in [1.29, 1.82) is 0 Å². The minimum Gasteiger partial charge on any atom is -0.797 e. The summed E-state index contributed by atoms with van der Waals surface area (Å²) in [5.41, 5.74) is 0. The molecule has 33 valence electrons. The maximum absolute atomic E-state index is 8.04. The van der Waals surface area contributed by atoms with E-state index in [9.17, 15) is 0 Å². The third kappa shape index (κ3) is 8.91. The van der Waals surface area contributed by atoms with Crippen molar-refractivity contribution >= 4 is 16.8 Å². The Morgan fingerprint density at radius 1 is 1.83 bits per heavy atom. The van der Waals surface area contributed by atoms with Gasteiger partial charge in [0.2, 0.25) is 0 Å². The van der Waals surface area contributed by atoms with E-state index in [0.29, 0.717) is 6.42 Å². The minimum atomic E-state index is -0.0231. The molecule has 0 aliphatic rings. The van der Waals surface area contributed by atoms with E-state index in [-0.39, 0.29) is 37.9 Å². The van der Waals surface area contributed by atoms with Gasteiger partial charge in [-0.15, -0.1) is 16.8 Å². The van der Waals surface area contributed by atoms with Crippen molar-refractivity contribution in [2.75, 3.05) is 0 Å². The molecular formula is C3H5ClNY-. The summed E-state index contributed by atoms with van der Waals surface area (Å²) in [5.74, 6) is 0. The number of hydrogen-bond donors (Lipinski definition) is 0. The van der Waals surface area contributed by atoms with Gasteiger partial charge in [-0.25, -0.2) is 0 Å². The van der Waals surface area contributed by atoms with Crippen LogP contribution in [0.2, 0.25) is 0 Å². The molecule has 0 bridgehead atoms. The van der Waals surface area contributed by atoms with Gasteiger partial charge in [0.1, 0.15) is 0 Å². The first-order valence-corrected chi connectivity index (χ1v) is 1.85. The zero-order valence-electron chi connectivity index (χ0n) is 3.61. The first-order valence-electron chi connectivity index (χ1n) is 1.47. The van der Waals surface area contributed by atoms with Gasteiger partial charge in [-0.3, -0.25) is 0 Å². The van der Waals surface area contributed by atoms with Crippen molar-refractivity contribution < 1.29 is 32.7 Å². The normalized spacial score (nSPS) is 6.33. The van der Waals surface area contributed by atoms with Gasteiger partial charge < -0.3 is 5.41 Å². The van der Waals surface area contributed by atoms with Crippen molar-refractivity contribution in [3.8, 4) is 0 Å². The molecule has 0 amide bonds. The summed E-state index contributed by atoms with van der Waals surface area (Å²) < 4.78 is 0. The number of hydrogen-bond acceptors (Lipinski definition) is 0. The second-order valence-corrected chi connectivity index (χ2v) is 1.17. The van der Waals surface area contributed by atoms with E-state index in [1.54, 1.807) is 6.92 Å². The van der Waals surface area contributed by atoms with Crippen LogP contribution in [0.5, 0.6) is 0 Å². The smallest absolute Gasteiger partial charge is 0 e. The van der Waals surface area contributed by atoms with Crippen molar-refractivity contribution in [2.45, 2.75) is 13.3 Å². The Balaban J connectivity index is 0. The predicted molar refractivity (Wildman–Crippen MR) is 24.5 cm³/mol. The fraction of sp³-hybridized carbons (Fsp3) is 0.667. The molecule has 0 aromatic rings. The van der Waals surface area contributed by atoms with Crippen molar-refractivity contribution in [2.24, 2.45) is 0 Å². The monoisotopic (exact) mass is 179 g/mol. The molecule has 0 fully saturated rings. The molecule has 3 heteroatoms. The van der Waals surface area contributed by atoms with Gasteiger partial charge >= 0.3 is 0 Å². The van der Waals surface area contributed by atoms with Crippen LogP contribution in [0, 0.1) is 0 Å². The molecule has 0 aliphatic carbocycles. The average molecular weight is 179 g/mol. The van der Waals surface area contributed by atoms with Crippen LogP contribution in [-0.4, -0.2) is 5.17 Å². The molecule has 0 heterocycles. The molecule has 1 nitrogen and oxygen atoms in total. The Bertz CT molecular complexity index is 46.1. The van der Waals surface area contributed by atoms with Gasteiger partial charge in [0.15, 0.2) is 0 Å². The van der Waals surface area contributed by atoms with Crippen LogP contribution in [0.25, 0.3) is 5.41 Å². The summed E-state index contributed by atoms with van der Waals surface area (Å²) >= 11 is 4.93. The van der Waals surface area contributed by atoms with E-state index in [0.717, 1.165) is 0 Å². The predicted octanol–water partition coefficient (Wildman–Crippen LogP) is 1.60. The zero-order valence-corrected chi connectivity index (χ0v) is 7.20.